The topological polar surface area (TPSA) is 65.7 Å². The highest BCUT2D eigenvalue weighted by atomic mass is 19.4. The number of esters is 1. The van der Waals surface area contributed by atoms with Gasteiger partial charge in [-0.2, -0.15) is 13.2 Å². The molecule has 0 amide bonds. The zero-order valence-electron chi connectivity index (χ0n) is 18.0. The molecule has 0 atom stereocenters. The molecule has 5 nitrogen and oxygen atoms in total. The predicted octanol–water partition coefficient (Wildman–Crippen LogP) is 6.28. The van der Waals surface area contributed by atoms with Gasteiger partial charge >= 0.3 is 17.8 Å². The first kappa shape index (κ1) is 24.1. The second-order valence-electron chi connectivity index (χ2n) is 7.41. The maximum Gasteiger partial charge on any atom is 0.417 e. The average Bonchev–Trinajstić information content (AvgIpc) is 2.78. The summed E-state index contributed by atoms with van der Waals surface area (Å²) in [5.74, 6) is -0.411. The normalized spacial score (nSPS) is 11.4. The van der Waals surface area contributed by atoms with Crippen LogP contribution in [0.5, 0.6) is 5.75 Å². The third-order valence-corrected chi connectivity index (χ3v) is 5.05. The monoisotopic (exact) mass is 460 g/mol. The summed E-state index contributed by atoms with van der Waals surface area (Å²) in [7, 11) is 0. The second kappa shape index (κ2) is 10.4. The summed E-state index contributed by atoms with van der Waals surface area (Å²) in [6, 6.07) is 9.87. The molecule has 8 heteroatoms. The van der Waals surface area contributed by atoms with Gasteiger partial charge in [0.25, 0.3) is 0 Å². The molecule has 0 unspecified atom stereocenters. The maximum atomic E-state index is 13.8. The number of hydrogen-bond acceptors (Lipinski definition) is 5. The molecule has 0 spiro atoms. The molecule has 0 aliphatic heterocycles. The van der Waals surface area contributed by atoms with Crippen LogP contribution in [0, 0.1) is 0 Å². The molecule has 2 aromatic carbocycles. The van der Waals surface area contributed by atoms with Crippen LogP contribution in [0.2, 0.25) is 0 Å². The minimum absolute atomic E-state index is 0.126. The Hall–Kier alpha value is -3.55. The van der Waals surface area contributed by atoms with E-state index in [0.29, 0.717) is 17.4 Å². The highest BCUT2D eigenvalue weighted by Gasteiger charge is 2.34. The van der Waals surface area contributed by atoms with E-state index >= 15 is 0 Å². The lowest BCUT2D eigenvalue weighted by atomic mass is 9.95. The molecule has 0 aliphatic rings. The Balaban J connectivity index is 1.95. The number of carbonyl (C=O) groups is 1. The van der Waals surface area contributed by atoms with Gasteiger partial charge in [-0.25, -0.2) is 9.59 Å². The van der Waals surface area contributed by atoms with Crippen molar-refractivity contribution >= 4 is 16.9 Å². The van der Waals surface area contributed by atoms with Crippen LogP contribution in [-0.4, -0.2) is 12.8 Å². The van der Waals surface area contributed by atoms with Gasteiger partial charge in [0.1, 0.15) is 11.3 Å². The molecule has 174 valence electrons. The van der Waals surface area contributed by atoms with E-state index < -0.39 is 23.3 Å². The van der Waals surface area contributed by atoms with Crippen molar-refractivity contribution in [3.05, 3.63) is 76.7 Å². The van der Waals surface area contributed by atoms with Crippen LogP contribution in [0.4, 0.5) is 13.2 Å². The summed E-state index contributed by atoms with van der Waals surface area (Å²) in [5.41, 5.74) is -1.48. The highest BCUT2D eigenvalue weighted by Crippen LogP contribution is 2.38. The second-order valence-corrected chi connectivity index (χ2v) is 7.41. The number of benzene rings is 2. The van der Waals surface area contributed by atoms with E-state index in [2.05, 4.69) is 6.58 Å². The molecular weight excluding hydrogens is 437 g/mol. The molecule has 0 radical (unpaired) electrons. The zero-order chi connectivity index (χ0) is 24.0. The minimum Gasteiger partial charge on any atom is -0.457 e. The number of ether oxygens (including phenoxy) is 2. The van der Waals surface area contributed by atoms with E-state index in [1.54, 1.807) is 12.1 Å². The van der Waals surface area contributed by atoms with E-state index in [4.69, 9.17) is 13.9 Å². The summed E-state index contributed by atoms with van der Waals surface area (Å²) in [6.45, 7) is 4.91. The lowest BCUT2D eigenvalue weighted by molar-refractivity contribution is -0.144. The Labute approximate surface area is 188 Å². The van der Waals surface area contributed by atoms with E-state index in [9.17, 15) is 22.8 Å². The van der Waals surface area contributed by atoms with Crippen molar-refractivity contribution in [3.8, 4) is 16.9 Å². The van der Waals surface area contributed by atoms with Crippen molar-refractivity contribution < 1.29 is 31.9 Å². The molecule has 3 aromatic rings. The first-order chi connectivity index (χ1) is 15.7. The van der Waals surface area contributed by atoms with Crippen molar-refractivity contribution in [2.45, 2.75) is 38.8 Å². The van der Waals surface area contributed by atoms with Crippen molar-refractivity contribution in [1.82, 2.24) is 0 Å². The fourth-order valence-corrected chi connectivity index (χ4v) is 3.38. The lowest BCUT2D eigenvalue weighted by Gasteiger charge is -2.15. The zero-order valence-corrected chi connectivity index (χ0v) is 18.0. The number of unbranched alkanes of at least 4 members (excludes halogenated alkanes) is 2. The molecule has 0 saturated heterocycles. The molecule has 1 aromatic heterocycles. The van der Waals surface area contributed by atoms with Gasteiger partial charge in [-0.3, -0.25) is 0 Å². The number of alkyl halides is 3. The summed E-state index contributed by atoms with van der Waals surface area (Å²) >= 11 is 0. The van der Waals surface area contributed by atoms with E-state index in [1.807, 2.05) is 6.92 Å². The molecular formula is C25H23F3O5. The quantitative estimate of drug-likeness (QED) is 0.124. The molecule has 0 saturated carbocycles. The van der Waals surface area contributed by atoms with Crippen molar-refractivity contribution in [2.24, 2.45) is 0 Å². The third-order valence-electron chi connectivity index (χ3n) is 5.05. The standard InChI is InChI=1S/C25H23F3O5/c1-3-5-6-7-16-8-11-19(21(12-16)25(26,27)28)20-13-17-9-10-18(14-22(17)33-24(20)30)31-15-32-23(29)4-2/h4,8-14H,2-3,5-7,15H2,1H3. The van der Waals surface area contributed by atoms with Crippen LogP contribution >= 0.6 is 0 Å². The first-order valence-electron chi connectivity index (χ1n) is 10.4. The Bertz CT molecular complexity index is 1210. The number of hydrogen-bond donors (Lipinski definition) is 0. The van der Waals surface area contributed by atoms with Crippen molar-refractivity contribution in [2.75, 3.05) is 6.79 Å². The summed E-state index contributed by atoms with van der Waals surface area (Å²) in [4.78, 5) is 23.7. The Kier molecular flexibility index (Phi) is 7.58. The van der Waals surface area contributed by atoms with Gasteiger partial charge in [0.2, 0.25) is 6.79 Å². The molecule has 0 fully saturated rings. The number of rotatable bonds is 9. The minimum atomic E-state index is -4.63. The van der Waals surface area contributed by atoms with Crippen LogP contribution in [0.25, 0.3) is 22.1 Å². The SMILES string of the molecule is C=CC(=O)OCOc1ccc2cc(-c3ccc(CCCCC)cc3C(F)(F)F)c(=O)oc2c1. The van der Waals surface area contributed by atoms with Gasteiger partial charge in [0, 0.05) is 23.1 Å². The van der Waals surface area contributed by atoms with Gasteiger partial charge in [-0.1, -0.05) is 38.5 Å². The fraction of sp³-hybridized carbons (Fsp3) is 0.280. The largest absolute Gasteiger partial charge is 0.457 e. The molecule has 0 N–H and O–H groups in total. The number of fused-ring (bicyclic) bond motifs is 1. The average molecular weight is 460 g/mol. The van der Waals surface area contributed by atoms with Crippen LogP contribution in [0.1, 0.15) is 37.3 Å². The number of carbonyl (C=O) groups excluding carboxylic acids is 1. The van der Waals surface area contributed by atoms with Gasteiger partial charge in [0.05, 0.1) is 11.1 Å². The van der Waals surface area contributed by atoms with Gasteiger partial charge in [-0.05, 0) is 42.7 Å². The molecule has 0 aliphatic carbocycles. The van der Waals surface area contributed by atoms with Crippen LogP contribution in [-0.2, 0) is 22.1 Å². The summed E-state index contributed by atoms with van der Waals surface area (Å²) in [6.07, 6.45) is -0.416. The highest BCUT2D eigenvalue weighted by molar-refractivity contribution is 5.83. The van der Waals surface area contributed by atoms with Gasteiger partial charge in [0.15, 0.2) is 0 Å². The van der Waals surface area contributed by atoms with E-state index in [1.165, 1.54) is 24.3 Å². The molecule has 0 bridgehead atoms. The smallest absolute Gasteiger partial charge is 0.417 e. The van der Waals surface area contributed by atoms with E-state index in [0.717, 1.165) is 31.4 Å². The van der Waals surface area contributed by atoms with Gasteiger partial charge in [-0.15, -0.1) is 0 Å². The third kappa shape index (κ3) is 6.03. The Morgan fingerprint density at radius 1 is 1.09 bits per heavy atom. The van der Waals surface area contributed by atoms with E-state index in [-0.39, 0.29) is 29.3 Å². The van der Waals surface area contributed by atoms with Crippen LogP contribution in [0.15, 0.2) is 64.3 Å². The van der Waals surface area contributed by atoms with Crippen molar-refractivity contribution in [1.29, 1.82) is 0 Å². The Morgan fingerprint density at radius 2 is 1.88 bits per heavy atom. The number of halogens is 3. The molecule has 3 rings (SSSR count). The van der Waals surface area contributed by atoms with Crippen LogP contribution < -0.4 is 10.4 Å². The predicted molar refractivity (Wildman–Crippen MR) is 118 cm³/mol. The van der Waals surface area contributed by atoms with Crippen LogP contribution in [0.3, 0.4) is 0 Å². The molecule has 1 heterocycles. The lowest BCUT2D eigenvalue weighted by Crippen LogP contribution is -2.12. The number of aryl methyl sites for hydroxylation is 1. The summed E-state index contributed by atoms with van der Waals surface area (Å²) < 4.78 is 56.7. The Morgan fingerprint density at radius 3 is 2.58 bits per heavy atom. The summed E-state index contributed by atoms with van der Waals surface area (Å²) in [5, 5.41) is 0.417. The van der Waals surface area contributed by atoms with Gasteiger partial charge < -0.3 is 13.9 Å². The molecule has 33 heavy (non-hydrogen) atoms. The maximum absolute atomic E-state index is 13.8. The fourth-order valence-electron chi connectivity index (χ4n) is 3.38. The van der Waals surface area contributed by atoms with Crippen molar-refractivity contribution in [3.63, 3.8) is 0 Å². The first-order valence-corrected chi connectivity index (χ1v) is 10.4.